The van der Waals surface area contributed by atoms with Crippen molar-refractivity contribution in [3.8, 4) is 0 Å². The predicted molar refractivity (Wildman–Crippen MR) is 127 cm³/mol. The molecule has 206 valence electrons. The largest absolute Gasteiger partial charge is 0.549 e. The number of carboxylic acid groups (broad SMARTS) is 3. The highest BCUT2D eigenvalue weighted by Gasteiger charge is 2.18. The van der Waals surface area contributed by atoms with E-state index >= 15 is 0 Å². The molecule has 2 aliphatic heterocycles. The molecular formula is C24H35N6O7-3. The van der Waals surface area contributed by atoms with Gasteiger partial charge in [-0.15, -0.1) is 0 Å². The second-order valence-electron chi connectivity index (χ2n) is 9.33. The van der Waals surface area contributed by atoms with E-state index in [0.717, 1.165) is 24.5 Å². The summed E-state index contributed by atoms with van der Waals surface area (Å²) in [4.78, 5) is 47.8. The third kappa shape index (κ3) is 10.6. The summed E-state index contributed by atoms with van der Waals surface area (Å²) < 4.78 is 5.44. The molecule has 0 unspecified atom stereocenters. The summed E-state index contributed by atoms with van der Waals surface area (Å²) in [6.45, 7) is 5.68. The minimum Gasteiger partial charge on any atom is -0.549 e. The van der Waals surface area contributed by atoms with Gasteiger partial charge in [-0.05, 0) is 12.1 Å². The van der Waals surface area contributed by atoms with Crippen LogP contribution in [0.3, 0.4) is 0 Å². The van der Waals surface area contributed by atoms with Crippen LogP contribution in [-0.2, 0) is 25.7 Å². The van der Waals surface area contributed by atoms with Gasteiger partial charge in [0.05, 0.1) is 36.8 Å². The van der Waals surface area contributed by atoms with E-state index in [1.807, 2.05) is 12.1 Å². The van der Waals surface area contributed by atoms with E-state index in [2.05, 4.69) is 14.8 Å². The van der Waals surface area contributed by atoms with Gasteiger partial charge < -0.3 is 39.3 Å². The first-order valence-corrected chi connectivity index (χ1v) is 12.5. The molecule has 37 heavy (non-hydrogen) atoms. The topological polar surface area (TPSA) is 159 Å². The standard InChI is InChI=1S/C24H38N6O7/c31-22(32)17-27-5-3-26(16-20-15-21(1-2-25-20)30-11-13-37-14-12-30)4-6-28(18-23(33)34)8-10-29(9-7-27)19-24(35)36/h1-2,15H,3-14,16-19H2,(H,31,32)(H,33,34)(H,35,36)/p-3. The van der Waals surface area contributed by atoms with Crippen molar-refractivity contribution in [2.24, 2.45) is 0 Å². The summed E-state index contributed by atoms with van der Waals surface area (Å²) in [6.07, 6.45) is 1.77. The molecule has 2 saturated heterocycles. The number of hydrogen-bond donors (Lipinski definition) is 0. The Kier molecular flexibility index (Phi) is 11.5. The fourth-order valence-corrected chi connectivity index (χ4v) is 4.56. The van der Waals surface area contributed by atoms with Crippen molar-refractivity contribution < 1.29 is 34.4 Å². The Labute approximate surface area is 216 Å². The third-order valence-corrected chi connectivity index (χ3v) is 6.55. The van der Waals surface area contributed by atoms with Crippen molar-refractivity contribution in [3.05, 3.63) is 24.0 Å². The average Bonchev–Trinajstić information content (AvgIpc) is 2.85. The van der Waals surface area contributed by atoms with Crippen LogP contribution in [-0.4, -0.2) is 141 Å². The Morgan fingerprint density at radius 3 is 1.57 bits per heavy atom. The zero-order chi connectivity index (χ0) is 26.6. The second kappa shape index (κ2) is 14.8. The smallest absolute Gasteiger partial charge is 0.0642 e. The van der Waals surface area contributed by atoms with Crippen LogP contribution >= 0.6 is 0 Å². The van der Waals surface area contributed by atoms with E-state index in [-0.39, 0.29) is 19.6 Å². The van der Waals surface area contributed by atoms with Gasteiger partial charge in [-0.1, -0.05) is 0 Å². The number of carbonyl (C=O) groups excluding carboxylic acids is 3. The van der Waals surface area contributed by atoms with Crippen molar-refractivity contribution >= 4 is 23.6 Å². The van der Waals surface area contributed by atoms with Crippen LogP contribution < -0.4 is 20.2 Å². The third-order valence-electron chi connectivity index (χ3n) is 6.55. The van der Waals surface area contributed by atoms with Crippen LogP contribution in [0.5, 0.6) is 0 Å². The Bertz CT molecular complexity index is 866. The van der Waals surface area contributed by atoms with Crippen LogP contribution in [0.15, 0.2) is 18.3 Å². The zero-order valence-electron chi connectivity index (χ0n) is 21.1. The minimum absolute atomic E-state index is 0.269. The van der Waals surface area contributed by atoms with Crippen LogP contribution in [0, 0.1) is 0 Å². The summed E-state index contributed by atoms with van der Waals surface area (Å²) in [5, 5.41) is 33.9. The number of carbonyl (C=O) groups is 3. The molecule has 0 atom stereocenters. The molecule has 2 aliphatic rings. The van der Waals surface area contributed by atoms with Gasteiger partial charge in [-0.2, -0.15) is 0 Å². The number of aliphatic carboxylic acids is 3. The van der Waals surface area contributed by atoms with E-state index in [1.54, 1.807) is 20.9 Å². The van der Waals surface area contributed by atoms with Gasteiger partial charge in [0, 0.05) is 104 Å². The number of ether oxygens (including phenoxy) is 1. The Morgan fingerprint density at radius 1 is 0.703 bits per heavy atom. The number of pyridine rings is 1. The number of rotatable bonds is 9. The molecule has 13 heteroatoms. The molecule has 0 amide bonds. The highest BCUT2D eigenvalue weighted by atomic mass is 16.5. The maximum Gasteiger partial charge on any atom is 0.0642 e. The Morgan fingerprint density at radius 2 is 1.14 bits per heavy atom. The summed E-state index contributed by atoms with van der Waals surface area (Å²) in [7, 11) is 0. The highest BCUT2D eigenvalue weighted by molar-refractivity contribution is 5.67. The predicted octanol–water partition coefficient (Wildman–Crippen LogP) is -5.11. The lowest BCUT2D eigenvalue weighted by molar-refractivity contribution is -0.308. The van der Waals surface area contributed by atoms with Gasteiger partial charge in [-0.25, -0.2) is 0 Å². The summed E-state index contributed by atoms with van der Waals surface area (Å²) in [5.41, 5.74) is 1.92. The Balaban J connectivity index is 1.73. The molecular weight excluding hydrogens is 484 g/mol. The zero-order valence-corrected chi connectivity index (χ0v) is 21.1. The summed E-state index contributed by atoms with van der Waals surface area (Å²) >= 11 is 0. The number of nitrogens with zero attached hydrogens (tertiary/aromatic N) is 6. The molecule has 1 aromatic rings. The monoisotopic (exact) mass is 519 g/mol. The van der Waals surface area contributed by atoms with Crippen molar-refractivity contribution in [2.75, 3.05) is 103 Å². The van der Waals surface area contributed by atoms with Crippen LogP contribution in [0.1, 0.15) is 5.69 Å². The molecule has 0 aromatic carbocycles. The minimum atomic E-state index is -1.25. The fourth-order valence-electron chi connectivity index (χ4n) is 4.56. The molecule has 0 bridgehead atoms. The molecule has 0 radical (unpaired) electrons. The van der Waals surface area contributed by atoms with E-state index in [0.29, 0.717) is 72.1 Å². The molecule has 0 N–H and O–H groups in total. The molecule has 1 aromatic heterocycles. The first kappa shape index (κ1) is 28.7. The highest BCUT2D eigenvalue weighted by Crippen LogP contribution is 2.17. The normalized spacial score (nSPS) is 20.2. The first-order chi connectivity index (χ1) is 17.8. The van der Waals surface area contributed by atoms with Crippen molar-refractivity contribution in [1.82, 2.24) is 24.6 Å². The van der Waals surface area contributed by atoms with Crippen LogP contribution in [0.2, 0.25) is 0 Å². The van der Waals surface area contributed by atoms with Gasteiger partial charge in [0.25, 0.3) is 0 Å². The maximum atomic E-state index is 11.3. The number of carboxylic acids is 3. The molecule has 3 rings (SSSR count). The average molecular weight is 520 g/mol. The van der Waals surface area contributed by atoms with Crippen LogP contribution in [0.4, 0.5) is 5.69 Å². The van der Waals surface area contributed by atoms with Crippen molar-refractivity contribution in [1.29, 1.82) is 0 Å². The number of morpholine rings is 1. The molecule has 0 saturated carbocycles. The van der Waals surface area contributed by atoms with E-state index < -0.39 is 17.9 Å². The molecule has 2 fully saturated rings. The van der Waals surface area contributed by atoms with Gasteiger partial charge >= 0.3 is 0 Å². The Hall–Kier alpha value is -2.84. The lowest BCUT2D eigenvalue weighted by atomic mass is 10.2. The van der Waals surface area contributed by atoms with Crippen molar-refractivity contribution in [2.45, 2.75) is 6.54 Å². The fraction of sp³-hybridized carbons (Fsp3) is 0.667. The van der Waals surface area contributed by atoms with Crippen LogP contribution in [0.25, 0.3) is 0 Å². The second-order valence-corrected chi connectivity index (χ2v) is 9.33. The van der Waals surface area contributed by atoms with Gasteiger partial charge in [0.1, 0.15) is 0 Å². The van der Waals surface area contributed by atoms with Gasteiger partial charge in [0.15, 0.2) is 0 Å². The van der Waals surface area contributed by atoms with E-state index in [9.17, 15) is 29.7 Å². The number of anilines is 1. The molecule has 0 aliphatic carbocycles. The van der Waals surface area contributed by atoms with Gasteiger partial charge in [-0.3, -0.25) is 24.6 Å². The lowest BCUT2D eigenvalue weighted by Gasteiger charge is -2.34. The summed E-state index contributed by atoms with van der Waals surface area (Å²) in [5.74, 6) is -3.65. The number of hydrogen-bond acceptors (Lipinski definition) is 13. The first-order valence-electron chi connectivity index (χ1n) is 12.5. The molecule has 13 nitrogen and oxygen atoms in total. The quantitative estimate of drug-likeness (QED) is 0.305. The lowest BCUT2D eigenvalue weighted by Crippen LogP contribution is -2.51. The van der Waals surface area contributed by atoms with Gasteiger partial charge in [0.2, 0.25) is 0 Å². The molecule has 3 heterocycles. The summed E-state index contributed by atoms with van der Waals surface area (Å²) in [6, 6.07) is 4.00. The van der Waals surface area contributed by atoms with E-state index in [1.165, 1.54) is 0 Å². The molecule has 0 spiro atoms. The van der Waals surface area contributed by atoms with Crippen molar-refractivity contribution in [3.63, 3.8) is 0 Å². The number of aromatic nitrogens is 1. The SMILES string of the molecule is O=C([O-])CN1CCN(CC(=O)[O-])CCN(Cc2cc(N3CCOCC3)ccn2)CCN(CC(=O)[O-])CC1. The van der Waals surface area contributed by atoms with E-state index in [4.69, 9.17) is 4.74 Å². The maximum absolute atomic E-state index is 11.3.